The maximum absolute atomic E-state index is 3.97. The van der Waals surface area contributed by atoms with Gasteiger partial charge in [0, 0.05) is 0 Å². The molecular formula is C6H5NTi. The van der Waals surface area contributed by atoms with E-state index in [0.29, 0.717) is 0 Å². The van der Waals surface area contributed by atoms with Crippen molar-refractivity contribution in [3.05, 3.63) is 30.3 Å². The molecule has 0 aliphatic carbocycles. The Morgan fingerprint density at radius 3 is 2.12 bits per heavy atom. The molecule has 0 heterocycles. The molecule has 0 N–H and O–H groups in total. The average molecular weight is 139 g/mol. The fraction of sp³-hybridized carbons (Fsp3) is 0. The van der Waals surface area contributed by atoms with Crippen molar-refractivity contribution < 1.29 is 20.3 Å². The molecule has 38 valence electrons. The molecule has 0 spiro atoms. The van der Waals surface area contributed by atoms with Gasteiger partial charge in [-0.05, 0) is 0 Å². The molecule has 2 heteroatoms. The van der Waals surface area contributed by atoms with Gasteiger partial charge < -0.3 is 0 Å². The van der Waals surface area contributed by atoms with Crippen LogP contribution in [0.15, 0.2) is 33.7 Å². The van der Waals surface area contributed by atoms with Crippen molar-refractivity contribution >= 4 is 5.69 Å². The summed E-state index contributed by atoms with van der Waals surface area (Å²) in [6, 6.07) is 9.87. The molecule has 1 nitrogen and oxygen atoms in total. The SMILES string of the molecule is [Ti]=[N]c1ccccc1. The molecule has 1 rings (SSSR count). The minimum atomic E-state index is 1.03. The fourth-order valence-corrected chi connectivity index (χ4v) is 0.735. The summed E-state index contributed by atoms with van der Waals surface area (Å²) in [4.78, 5) is 0. The summed E-state index contributed by atoms with van der Waals surface area (Å²) < 4.78 is 3.97. The van der Waals surface area contributed by atoms with E-state index in [1.165, 1.54) is 0 Å². The van der Waals surface area contributed by atoms with Gasteiger partial charge in [0.2, 0.25) is 0 Å². The summed E-state index contributed by atoms with van der Waals surface area (Å²) in [5, 5.41) is 0. The van der Waals surface area contributed by atoms with Crippen LogP contribution in [-0.4, -0.2) is 0 Å². The van der Waals surface area contributed by atoms with Gasteiger partial charge in [-0.1, -0.05) is 0 Å². The van der Waals surface area contributed by atoms with Gasteiger partial charge in [-0.3, -0.25) is 0 Å². The van der Waals surface area contributed by atoms with Crippen molar-refractivity contribution in [1.82, 2.24) is 0 Å². The fourth-order valence-electron chi connectivity index (χ4n) is 0.503. The first-order chi connectivity index (χ1) is 3.93. The van der Waals surface area contributed by atoms with Crippen LogP contribution in [0.25, 0.3) is 0 Å². The Balaban J connectivity index is 2.99. The zero-order chi connectivity index (χ0) is 5.82. The van der Waals surface area contributed by atoms with E-state index in [1.54, 1.807) is 20.3 Å². The molecule has 0 saturated carbocycles. The first-order valence-corrected chi connectivity index (χ1v) is 3.06. The molecule has 0 aromatic heterocycles. The summed E-state index contributed by atoms with van der Waals surface area (Å²) in [7, 11) is 0. The second-order valence-electron chi connectivity index (χ2n) is 1.45. The van der Waals surface area contributed by atoms with Gasteiger partial charge in [-0.2, -0.15) is 0 Å². The van der Waals surface area contributed by atoms with Gasteiger partial charge in [-0.15, -0.1) is 0 Å². The molecule has 0 unspecified atom stereocenters. The third-order valence-corrected chi connectivity index (χ3v) is 1.29. The van der Waals surface area contributed by atoms with Crippen molar-refractivity contribution in [2.75, 3.05) is 0 Å². The van der Waals surface area contributed by atoms with Crippen LogP contribution >= 0.6 is 0 Å². The number of nitrogens with zero attached hydrogens (tertiary/aromatic N) is 1. The molecule has 0 aliphatic heterocycles. The predicted octanol–water partition coefficient (Wildman–Crippen LogP) is 2.05. The summed E-state index contributed by atoms with van der Waals surface area (Å²) >= 11 is 1.79. The molecule has 0 bridgehead atoms. The third kappa shape index (κ3) is 1.36. The normalized spacial score (nSPS) is 8.38. The molecule has 0 radical (unpaired) electrons. The summed E-state index contributed by atoms with van der Waals surface area (Å²) in [6.45, 7) is 0. The Hall–Kier alpha value is -0.266. The van der Waals surface area contributed by atoms with Crippen LogP contribution in [0.2, 0.25) is 0 Å². The Morgan fingerprint density at radius 2 is 1.75 bits per heavy atom. The Bertz CT molecular complexity index is 171. The first kappa shape index (κ1) is 5.86. The van der Waals surface area contributed by atoms with Crippen LogP contribution in [0, 0.1) is 0 Å². The molecule has 0 atom stereocenters. The van der Waals surface area contributed by atoms with Gasteiger partial charge in [0.1, 0.15) is 0 Å². The van der Waals surface area contributed by atoms with Crippen LogP contribution in [0.3, 0.4) is 0 Å². The van der Waals surface area contributed by atoms with E-state index in [-0.39, 0.29) is 0 Å². The van der Waals surface area contributed by atoms with E-state index in [1.807, 2.05) is 30.3 Å². The van der Waals surface area contributed by atoms with Gasteiger partial charge in [0.05, 0.1) is 0 Å². The second-order valence-corrected chi connectivity index (χ2v) is 1.80. The number of benzene rings is 1. The number of rotatable bonds is 1. The van der Waals surface area contributed by atoms with Crippen molar-refractivity contribution in [3.8, 4) is 0 Å². The first-order valence-electron chi connectivity index (χ1n) is 2.36. The topological polar surface area (TPSA) is 12.4 Å². The van der Waals surface area contributed by atoms with Crippen LogP contribution < -0.4 is 0 Å². The number of hydrogen-bond acceptors (Lipinski definition) is 1. The Kier molecular flexibility index (Phi) is 2.13. The van der Waals surface area contributed by atoms with Crippen LogP contribution in [0.5, 0.6) is 0 Å². The van der Waals surface area contributed by atoms with E-state index in [9.17, 15) is 0 Å². The van der Waals surface area contributed by atoms with E-state index in [0.717, 1.165) is 5.69 Å². The zero-order valence-electron chi connectivity index (χ0n) is 4.33. The maximum atomic E-state index is 3.97. The summed E-state index contributed by atoms with van der Waals surface area (Å²) in [5.41, 5.74) is 1.03. The molecule has 0 amide bonds. The van der Waals surface area contributed by atoms with E-state index in [2.05, 4.69) is 3.42 Å². The van der Waals surface area contributed by atoms with Crippen LogP contribution in [-0.2, 0) is 20.3 Å². The van der Waals surface area contributed by atoms with Gasteiger partial charge in [0.25, 0.3) is 0 Å². The van der Waals surface area contributed by atoms with E-state index < -0.39 is 0 Å². The zero-order valence-corrected chi connectivity index (χ0v) is 5.90. The van der Waals surface area contributed by atoms with E-state index >= 15 is 0 Å². The van der Waals surface area contributed by atoms with Crippen molar-refractivity contribution in [1.29, 1.82) is 0 Å². The predicted molar refractivity (Wildman–Crippen MR) is 28.5 cm³/mol. The van der Waals surface area contributed by atoms with Gasteiger partial charge in [0.15, 0.2) is 0 Å². The van der Waals surface area contributed by atoms with Crippen molar-refractivity contribution in [2.24, 2.45) is 3.42 Å². The molecule has 1 aromatic rings. The number of hydrogen-bond donors (Lipinski definition) is 0. The molecule has 0 aliphatic rings. The third-order valence-electron chi connectivity index (χ3n) is 0.885. The average Bonchev–Trinajstić information content (AvgIpc) is 1.90. The van der Waals surface area contributed by atoms with Crippen LogP contribution in [0.1, 0.15) is 0 Å². The monoisotopic (exact) mass is 139 g/mol. The van der Waals surface area contributed by atoms with Crippen molar-refractivity contribution in [3.63, 3.8) is 0 Å². The molecular weight excluding hydrogens is 134 g/mol. The van der Waals surface area contributed by atoms with Gasteiger partial charge in [-0.25, -0.2) is 0 Å². The summed E-state index contributed by atoms with van der Waals surface area (Å²) in [6.07, 6.45) is 0. The minimum absolute atomic E-state index is 1.03. The van der Waals surface area contributed by atoms with E-state index in [4.69, 9.17) is 0 Å². The molecule has 1 aromatic carbocycles. The Labute approximate surface area is 60.0 Å². The standard InChI is InChI=1S/C6H5N.Ti/c7-6-4-2-1-3-5-6;/h1-5H;. The molecule has 0 fully saturated rings. The second kappa shape index (κ2) is 2.90. The summed E-state index contributed by atoms with van der Waals surface area (Å²) in [5.74, 6) is 0. The van der Waals surface area contributed by atoms with Gasteiger partial charge >= 0.3 is 59.7 Å². The molecule has 0 saturated heterocycles. The Morgan fingerprint density at radius 1 is 1.12 bits per heavy atom. The van der Waals surface area contributed by atoms with Crippen LogP contribution in [0.4, 0.5) is 5.69 Å². The molecule has 8 heavy (non-hydrogen) atoms. The quantitative estimate of drug-likeness (QED) is 0.528. The van der Waals surface area contributed by atoms with Crippen molar-refractivity contribution in [2.45, 2.75) is 0 Å².